The van der Waals surface area contributed by atoms with Crippen LogP contribution >= 0.6 is 11.3 Å². The van der Waals surface area contributed by atoms with E-state index in [9.17, 15) is 0 Å². The van der Waals surface area contributed by atoms with Gasteiger partial charge in [0.1, 0.15) is 16.5 Å². The highest BCUT2D eigenvalue weighted by Gasteiger charge is 2.22. The number of rotatable bonds is 2. The molecule has 3 rings (SSSR count). The first-order chi connectivity index (χ1) is 9.13. The van der Waals surface area contributed by atoms with Crippen molar-refractivity contribution in [1.29, 1.82) is 0 Å². The lowest BCUT2D eigenvalue weighted by molar-refractivity contribution is 0.0916. The van der Waals surface area contributed by atoms with Crippen molar-refractivity contribution in [3.63, 3.8) is 0 Å². The van der Waals surface area contributed by atoms with Crippen LogP contribution in [-0.2, 0) is 6.54 Å². The number of hydrogen-bond acceptors (Lipinski definition) is 6. The van der Waals surface area contributed by atoms with Crippen molar-refractivity contribution in [1.82, 2.24) is 19.8 Å². The molecule has 1 fully saturated rings. The number of aromatic nitrogens is 2. The fraction of sp³-hybridized carbons (Fsp3) is 0.538. The topological polar surface area (TPSA) is 58.3 Å². The van der Waals surface area contributed by atoms with E-state index in [2.05, 4.69) is 33.7 Å². The largest absolute Gasteiger partial charge is 0.383 e. The molecule has 5 nitrogen and oxygen atoms in total. The summed E-state index contributed by atoms with van der Waals surface area (Å²) in [6.07, 6.45) is 0. The number of nitrogens with zero attached hydrogens (tertiary/aromatic N) is 4. The maximum atomic E-state index is 5.99. The molecule has 6 heteroatoms. The van der Waals surface area contributed by atoms with Gasteiger partial charge in [0, 0.05) is 25.7 Å². The average Bonchev–Trinajstić information content (AvgIpc) is 2.81. The number of nitrogen functional groups attached to an aromatic ring is 1. The summed E-state index contributed by atoms with van der Waals surface area (Å²) in [7, 11) is 2.17. The molecule has 0 bridgehead atoms. The van der Waals surface area contributed by atoms with Crippen LogP contribution in [0.1, 0.15) is 12.7 Å². The lowest BCUT2D eigenvalue weighted by atomic mass is 10.2. The van der Waals surface area contributed by atoms with Gasteiger partial charge in [-0.15, -0.1) is 11.3 Å². The Balaban J connectivity index is 1.81. The third-order valence-corrected chi connectivity index (χ3v) is 4.52. The van der Waals surface area contributed by atoms with Crippen molar-refractivity contribution in [2.75, 3.05) is 32.4 Å². The molecule has 0 spiro atoms. The van der Waals surface area contributed by atoms with Crippen molar-refractivity contribution in [3.8, 4) is 0 Å². The van der Waals surface area contributed by atoms with Gasteiger partial charge in [-0.3, -0.25) is 4.90 Å². The van der Waals surface area contributed by atoms with Gasteiger partial charge in [-0.2, -0.15) is 0 Å². The second kappa shape index (κ2) is 5.03. The van der Waals surface area contributed by atoms with Gasteiger partial charge in [0.15, 0.2) is 0 Å². The first-order valence-electron chi connectivity index (χ1n) is 6.55. The molecular formula is C13H19N5S. The van der Waals surface area contributed by atoms with E-state index in [1.807, 2.05) is 11.4 Å². The van der Waals surface area contributed by atoms with Gasteiger partial charge in [-0.05, 0) is 25.4 Å². The Labute approximate surface area is 117 Å². The van der Waals surface area contributed by atoms with Crippen molar-refractivity contribution >= 4 is 27.4 Å². The summed E-state index contributed by atoms with van der Waals surface area (Å²) in [6.45, 7) is 6.29. The van der Waals surface area contributed by atoms with Gasteiger partial charge < -0.3 is 10.6 Å². The normalized spacial score (nSPS) is 22.1. The van der Waals surface area contributed by atoms with Crippen molar-refractivity contribution in [3.05, 3.63) is 17.3 Å². The molecule has 1 aliphatic rings. The summed E-state index contributed by atoms with van der Waals surface area (Å²) in [5.41, 5.74) is 5.99. The van der Waals surface area contributed by atoms with E-state index in [0.29, 0.717) is 11.9 Å². The lowest BCUT2D eigenvalue weighted by Crippen LogP contribution is -2.50. The van der Waals surface area contributed by atoms with Gasteiger partial charge in [-0.25, -0.2) is 9.97 Å². The molecule has 0 aromatic carbocycles. The zero-order valence-corrected chi connectivity index (χ0v) is 12.2. The summed E-state index contributed by atoms with van der Waals surface area (Å²) in [4.78, 5) is 14.8. The van der Waals surface area contributed by atoms with Crippen molar-refractivity contribution in [2.45, 2.75) is 19.5 Å². The van der Waals surface area contributed by atoms with Crippen LogP contribution in [0, 0.1) is 0 Å². The number of anilines is 1. The summed E-state index contributed by atoms with van der Waals surface area (Å²) in [6, 6.07) is 2.51. The van der Waals surface area contributed by atoms with Crippen LogP contribution in [-0.4, -0.2) is 52.5 Å². The van der Waals surface area contributed by atoms with Gasteiger partial charge in [0.05, 0.1) is 11.9 Å². The number of nitrogens with two attached hydrogens (primary N) is 1. The van der Waals surface area contributed by atoms with Crippen LogP contribution in [0.15, 0.2) is 11.4 Å². The Morgan fingerprint density at radius 1 is 1.42 bits per heavy atom. The molecule has 1 unspecified atom stereocenters. The molecule has 1 atom stereocenters. The van der Waals surface area contributed by atoms with Gasteiger partial charge in [0.2, 0.25) is 0 Å². The Hall–Kier alpha value is -1.24. The molecule has 0 saturated carbocycles. The Kier molecular flexibility index (Phi) is 3.38. The number of piperazine rings is 1. The summed E-state index contributed by atoms with van der Waals surface area (Å²) in [5, 5.41) is 2.98. The molecular weight excluding hydrogens is 258 g/mol. The highest BCUT2D eigenvalue weighted by atomic mass is 32.1. The molecule has 1 saturated heterocycles. The lowest BCUT2D eigenvalue weighted by Gasteiger charge is -2.37. The van der Waals surface area contributed by atoms with Crippen LogP contribution in [0.4, 0.5) is 5.82 Å². The van der Waals surface area contributed by atoms with E-state index in [1.54, 1.807) is 11.3 Å². The first-order valence-corrected chi connectivity index (χ1v) is 7.43. The molecule has 1 aliphatic heterocycles. The van der Waals surface area contributed by atoms with E-state index in [1.165, 1.54) is 0 Å². The second-order valence-corrected chi connectivity index (χ2v) is 6.14. The summed E-state index contributed by atoms with van der Waals surface area (Å²) < 4.78 is 0. The zero-order valence-electron chi connectivity index (χ0n) is 11.3. The third-order valence-electron chi connectivity index (χ3n) is 3.71. The number of likely N-dealkylation sites (N-methyl/N-ethyl adjacent to an activating group) is 1. The second-order valence-electron chi connectivity index (χ2n) is 5.25. The van der Waals surface area contributed by atoms with Crippen LogP contribution in [0.25, 0.3) is 10.2 Å². The maximum Gasteiger partial charge on any atom is 0.146 e. The minimum Gasteiger partial charge on any atom is -0.383 e. The monoisotopic (exact) mass is 277 g/mol. The SMILES string of the molecule is CC1CN(C)CCN1Cc1nc(N)c2ccsc2n1. The smallest absolute Gasteiger partial charge is 0.146 e. The van der Waals surface area contributed by atoms with E-state index >= 15 is 0 Å². The molecule has 19 heavy (non-hydrogen) atoms. The number of thiophene rings is 1. The Bertz CT molecular complexity index is 581. The van der Waals surface area contributed by atoms with E-state index in [0.717, 1.165) is 42.2 Å². The fourth-order valence-electron chi connectivity index (χ4n) is 2.59. The maximum absolute atomic E-state index is 5.99. The predicted molar refractivity (Wildman–Crippen MR) is 79.2 cm³/mol. The molecule has 0 radical (unpaired) electrons. The van der Waals surface area contributed by atoms with Gasteiger partial charge in [0.25, 0.3) is 0 Å². The molecule has 0 aliphatic carbocycles. The number of hydrogen-bond donors (Lipinski definition) is 1. The van der Waals surface area contributed by atoms with E-state index in [4.69, 9.17) is 5.73 Å². The average molecular weight is 277 g/mol. The molecule has 3 heterocycles. The molecule has 2 aromatic rings. The zero-order chi connectivity index (χ0) is 13.4. The molecule has 102 valence electrons. The molecule has 2 aromatic heterocycles. The first kappa shape index (κ1) is 12.8. The highest BCUT2D eigenvalue weighted by molar-refractivity contribution is 7.16. The molecule has 2 N–H and O–H groups in total. The Morgan fingerprint density at radius 3 is 3.05 bits per heavy atom. The Morgan fingerprint density at radius 2 is 2.26 bits per heavy atom. The van der Waals surface area contributed by atoms with Crippen molar-refractivity contribution in [2.24, 2.45) is 0 Å². The van der Waals surface area contributed by atoms with Crippen LogP contribution < -0.4 is 5.73 Å². The molecule has 0 amide bonds. The minimum absolute atomic E-state index is 0.530. The minimum atomic E-state index is 0.530. The van der Waals surface area contributed by atoms with Crippen LogP contribution in [0.5, 0.6) is 0 Å². The third kappa shape index (κ3) is 2.56. The van der Waals surface area contributed by atoms with Gasteiger partial charge >= 0.3 is 0 Å². The number of fused-ring (bicyclic) bond motifs is 1. The van der Waals surface area contributed by atoms with E-state index < -0.39 is 0 Å². The summed E-state index contributed by atoms with van der Waals surface area (Å²) in [5.74, 6) is 1.44. The standard InChI is InChI=1S/C13H19N5S/c1-9-7-17(2)4-5-18(9)8-11-15-12(14)10-3-6-19-13(10)16-11/h3,6,9H,4-5,7-8H2,1-2H3,(H2,14,15,16). The predicted octanol–water partition coefficient (Wildman–Crippen LogP) is 1.41. The van der Waals surface area contributed by atoms with E-state index in [-0.39, 0.29) is 0 Å². The van der Waals surface area contributed by atoms with Crippen LogP contribution in [0.2, 0.25) is 0 Å². The van der Waals surface area contributed by atoms with Crippen molar-refractivity contribution < 1.29 is 0 Å². The fourth-order valence-corrected chi connectivity index (χ4v) is 3.38. The quantitative estimate of drug-likeness (QED) is 0.899. The summed E-state index contributed by atoms with van der Waals surface area (Å²) >= 11 is 1.62. The van der Waals surface area contributed by atoms with Crippen LogP contribution in [0.3, 0.4) is 0 Å². The van der Waals surface area contributed by atoms with Gasteiger partial charge in [-0.1, -0.05) is 0 Å². The highest BCUT2D eigenvalue weighted by Crippen LogP contribution is 2.23.